The van der Waals surface area contributed by atoms with E-state index in [4.69, 9.17) is 39.5 Å². The van der Waals surface area contributed by atoms with E-state index in [9.17, 15) is 14.9 Å². The number of carbonyl (C=O) groups excluding carboxylic acids is 1. The third-order valence-electron chi connectivity index (χ3n) is 3.15. The number of carbonyl (C=O) groups is 1. The standard InChI is InChI=1S/C16H13Cl3N2O4/c1-10-5-4-6-11(9-10)14(22)20-15(16(17,18)19)25-13-8-3-2-7-12(13)21(23)24/h2-9,15H,1H3,(H,20,22)/t15-/m1/s1. The fraction of sp³-hybridized carbons (Fsp3) is 0.188. The van der Waals surface area contributed by atoms with E-state index in [1.807, 2.05) is 13.0 Å². The van der Waals surface area contributed by atoms with Gasteiger partial charge in [-0.3, -0.25) is 14.9 Å². The molecule has 0 aromatic heterocycles. The number of para-hydroxylation sites is 2. The van der Waals surface area contributed by atoms with E-state index in [0.29, 0.717) is 5.56 Å². The number of amides is 1. The second-order valence-corrected chi connectivity index (χ2v) is 7.48. The van der Waals surface area contributed by atoms with E-state index >= 15 is 0 Å². The van der Waals surface area contributed by atoms with E-state index in [-0.39, 0.29) is 11.4 Å². The smallest absolute Gasteiger partial charge is 0.311 e. The second-order valence-electron chi connectivity index (χ2n) is 5.11. The largest absolute Gasteiger partial charge is 0.459 e. The summed E-state index contributed by atoms with van der Waals surface area (Å²) in [6, 6.07) is 12.4. The molecule has 6 nitrogen and oxygen atoms in total. The highest BCUT2D eigenvalue weighted by molar-refractivity contribution is 6.68. The normalized spacial score (nSPS) is 12.3. The van der Waals surface area contributed by atoms with E-state index in [2.05, 4.69) is 5.32 Å². The summed E-state index contributed by atoms with van der Waals surface area (Å²) in [5.41, 5.74) is 0.898. The van der Waals surface area contributed by atoms with Crippen LogP contribution >= 0.6 is 34.8 Å². The van der Waals surface area contributed by atoms with Gasteiger partial charge < -0.3 is 10.1 Å². The molecule has 0 fully saturated rings. The van der Waals surface area contributed by atoms with Gasteiger partial charge in [-0.2, -0.15) is 0 Å². The van der Waals surface area contributed by atoms with Crippen LogP contribution in [0.5, 0.6) is 5.75 Å². The Hall–Kier alpha value is -2.02. The van der Waals surface area contributed by atoms with Crippen LogP contribution < -0.4 is 10.1 Å². The Kier molecular flexibility index (Phi) is 6.11. The number of aryl methyl sites for hydroxylation is 1. The van der Waals surface area contributed by atoms with Gasteiger partial charge in [-0.1, -0.05) is 64.6 Å². The fourth-order valence-corrected chi connectivity index (χ4v) is 2.30. The quantitative estimate of drug-likeness (QED) is 0.347. The first-order valence-electron chi connectivity index (χ1n) is 7.03. The van der Waals surface area contributed by atoms with Crippen molar-refractivity contribution in [3.05, 3.63) is 69.8 Å². The van der Waals surface area contributed by atoms with Crippen LogP contribution in [0.1, 0.15) is 15.9 Å². The average molecular weight is 404 g/mol. The fourth-order valence-electron chi connectivity index (χ4n) is 2.00. The molecule has 0 aliphatic carbocycles. The van der Waals surface area contributed by atoms with Crippen molar-refractivity contribution in [3.63, 3.8) is 0 Å². The highest BCUT2D eigenvalue weighted by atomic mass is 35.6. The average Bonchev–Trinajstić information content (AvgIpc) is 2.53. The molecule has 2 aromatic rings. The van der Waals surface area contributed by atoms with Crippen LogP contribution in [0.25, 0.3) is 0 Å². The number of alkyl halides is 3. The van der Waals surface area contributed by atoms with E-state index in [0.717, 1.165) is 5.56 Å². The zero-order chi connectivity index (χ0) is 18.6. The third kappa shape index (κ3) is 5.22. The molecule has 1 N–H and O–H groups in total. The summed E-state index contributed by atoms with van der Waals surface area (Å²) in [6.07, 6.45) is -1.44. The summed E-state index contributed by atoms with van der Waals surface area (Å²) < 4.78 is 3.37. The van der Waals surface area contributed by atoms with Crippen LogP contribution in [0.4, 0.5) is 5.69 Å². The van der Waals surface area contributed by atoms with Gasteiger partial charge in [0.25, 0.3) is 5.91 Å². The van der Waals surface area contributed by atoms with Crippen molar-refractivity contribution in [2.24, 2.45) is 0 Å². The molecule has 9 heteroatoms. The molecule has 2 aromatic carbocycles. The minimum atomic E-state index is -2.05. The summed E-state index contributed by atoms with van der Waals surface area (Å²) in [6.45, 7) is 1.83. The van der Waals surface area contributed by atoms with E-state index in [1.54, 1.807) is 18.2 Å². The molecule has 0 unspecified atom stereocenters. The maximum atomic E-state index is 12.4. The second kappa shape index (κ2) is 7.91. The monoisotopic (exact) mass is 402 g/mol. The van der Waals surface area contributed by atoms with Crippen molar-refractivity contribution in [1.82, 2.24) is 5.32 Å². The lowest BCUT2D eigenvalue weighted by Gasteiger charge is -2.26. The number of nitrogens with zero attached hydrogens (tertiary/aromatic N) is 1. The van der Waals surface area contributed by atoms with Crippen LogP contribution in [0.2, 0.25) is 0 Å². The zero-order valence-corrected chi connectivity index (χ0v) is 15.2. The molecule has 0 saturated carbocycles. The van der Waals surface area contributed by atoms with Crippen molar-refractivity contribution >= 4 is 46.4 Å². The molecule has 0 radical (unpaired) electrons. The molecule has 0 spiro atoms. The Labute approximate surface area is 158 Å². The van der Waals surface area contributed by atoms with Gasteiger partial charge in [0, 0.05) is 11.6 Å². The lowest BCUT2D eigenvalue weighted by atomic mass is 10.1. The Balaban J connectivity index is 2.26. The molecular weight excluding hydrogens is 391 g/mol. The Morgan fingerprint density at radius 3 is 2.48 bits per heavy atom. The molecule has 132 valence electrons. The zero-order valence-electron chi connectivity index (χ0n) is 12.9. The maximum Gasteiger partial charge on any atom is 0.311 e. The number of rotatable bonds is 5. The van der Waals surface area contributed by atoms with Crippen molar-refractivity contribution < 1.29 is 14.5 Å². The molecular formula is C16H13Cl3N2O4. The summed E-state index contributed by atoms with van der Waals surface area (Å²) >= 11 is 17.6. The number of nitro groups is 1. The lowest BCUT2D eigenvalue weighted by Crippen LogP contribution is -2.47. The number of nitrogens with one attached hydrogen (secondary N) is 1. The first kappa shape index (κ1) is 19.3. The van der Waals surface area contributed by atoms with Crippen molar-refractivity contribution in [3.8, 4) is 5.75 Å². The molecule has 0 aliphatic rings. The Morgan fingerprint density at radius 1 is 1.20 bits per heavy atom. The molecule has 0 saturated heterocycles. The minimum Gasteiger partial charge on any atom is -0.459 e. The summed E-state index contributed by atoms with van der Waals surface area (Å²) in [5, 5.41) is 13.5. The molecule has 0 aliphatic heterocycles. The van der Waals surface area contributed by atoms with Gasteiger partial charge in [-0.25, -0.2) is 0 Å². The number of halogens is 3. The predicted molar refractivity (Wildman–Crippen MR) is 96.4 cm³/mol. The van der Waals surface area contributed by atoms with Crippen molar-refractivity contribution in [2.75, 3.05) is 0 Å². The van der Waals surface area contributed by atoms with Crippen LogP contribution in [-0.4, -0.2) is 20.9 Å². The number of benzene rings is 2. The van der Waals surface area contributed by atoms with Gasteiger partial charge in [0.2, 0.25) is 10.0 Å². The lowest BCUT2D eigenvalue weighted by molar-refractivity contribution is -0.386. The van der Waals surface area contributed by atoms with Crippen LogP contribution in [0, 0.1) is 17.0 Å². The summed E-state index contributed by atoms with van der Waals surface area (Å²) in [4.78, 5) is 22.8. The van der Waals surface area contributed by atoms with Gasteiger partial charge in [-0.15, -0.1) is 0 Å². The predicted octanol–water partition coefficient (Wildman–Crippen LogP) is 4.41. The molecule has 0 bridgehead atoms. The van der Waals surface area contributed by atoms with E-state index < -0.39 is 20.9 Å². The van der Waals surface area contributed by atoms with Crippen molar-refractivity contribution in [2.45, 2.75) is 16.9 Å². The van der Waals surface area contributed by atoms with E-state index in [1.165, 1.54) is 24.3 Å². The molecule has 1 amide bonds. The minimum absolute atomic E-state index is 0.131. The van der Waals surface area contributed by atoms with Gasteiger partial charge in [0.15, 0.2) is 5.75 Å². The van der Waals surface area contributed by atoms with Crippen molar-refractivity contribution in [1.29, 1.82) is 0 Å². The summed E-state index contributed by atoms with van der Waals surface area (Å²) in [7, 11) is 0. The molecule has 0 heterocycles. The first-order chi connectivity index (χ1) is 11.7. The van der Waals surface area contributed by atoms with Gasteiger partial charge in [-0.05, 0) is 25.1 Å². The molecule has 25 heavy (non-hydrogen) atoms. The maximum absolute atomic E-state index is 12.4. The Bertz CT molecular complexity index is 793. The number of nitro benzene ring substituents is 1. The van der Waals surface area contributed by atoms with Crippen LogP contribution in [-0.2, 0) is 0 Å². The van der Waals surface area contributed by atoms with Gasteiger partial charge in [0.1, 0.15) is 0 Å². The topological polar surface area (TPSA) is 81.5 Å². The Morgan fingerprint density at radius 2 is 1.88 bits per heavy atom. The molecule has 1 atom stereocenters. The van der Waals surface area contributed by atoms with Gasteiger partial charge >= 0.3 is 5.69 Å². The SMILES string of the molecule is Cc1cccc(C(=O)N[C@H](Oc2ccccc2[N+](=O)[O-])C(Cl)(Cl)Cl)c1. The highest BCUT2D eigenvalue weighted by Gasteiger charge is 2.37. The first-order valence-corrected chi connectivity index (χ1v) is 8.16. The highest BCUT2D eigenvalue weighted by Crippen LogP contribution is 2.35. The number of hydrogen-bond donors (Lipinski definition) is 1. The molecule has 2 rings (SSSR count). The van der Waals surface area contributed by atoms with Crippen LogP contribution in [0.15, 0.2) is 48.5 Å². The number of hydrogen-bond acceptors (Lipinski definition) is 4. The summed E-state index contributed by atoms with van der Waals surface area (Å²) in [5.74, 6) is -0.674. The van der Waals surface area contributed by atoms with Crippen LogP contribution in [0.3, 0.4) is 0 Å². The number of ether oxygens (including phenoxy) is 1. The van der Waals surface area contributed by atoms with Gasteiger partial charge in [0.05, 0.1) is 4.92 Å². The third-order valence-corrected chi connectivity index (χ3v) is 3.74.